The van der Waals surface area contributed by atoms with Gasteiger partial charge in [-0.1, -0.05) is 24.6 Å². The Labute approximate surface area is 115 Å². The van der Waals surface area contributed by atoms with Gasteiger partial charge in [0.2, 0.25) is 5.91 Å². The van der Waals surface area contributed by atoms with Gasteiger partial charge in [0.05, 0.1) is 0 Å². The van der Waals surface area contributed by atoms with Crippen LogP contribution in [0.25, 0.3) is 0 Å². The molecule has 2 rings (SSSR count). The summed E-state index contributed by atoms with van der Waals surface area (Å²) in [5, 5.41) is 3.36. The van der Waals surface area contributed by atoms with Crippen molar-refractivity contribution >= 4 is 11.6 Å². The lowest BCUT2D eigenvalue weighted by Gasteiger charge is -2.40. The summed E-state index contributed by atoms with van der Waals surface area (Å²) in [5.41, 5.74) is 7.23. The quantitative estimate of drug-likeness (QED) is 0.868. The SMILES string of the molecule is CCN1CCC(Nc2ccc(C)cc2)(C(N)=O)CC1. The Kier molecular flexibility index (Phi) is 4.10. The van der Waals surface area contributed by atoms with Crippen LogP contribution in [0.3, 0.4) is 0 Å². The van der Waals surface area contributed by atoms with Crippen molar-refractivity contribution in [1.82, 2.24) is 4.90 Å². The lowest BCUT2D eigenvalue weighted by molar-refractivity contribution is -0.123. The lowest BCUT2D eigenvalue weighted by Crippen LogP contribution is -2.57. The monoisotopic (exact) mass is 261 g/mol. The van der Waals surface area contributed by atoms with Crippen LogP contribution in [0.5, 0.6) is 0 Å². The average molecular weight is 261 g/mol. The Morgan fingerprint density at radius 1 is 1.32 bits per heavy atom. The number of hydrogen-bond acceptors (Lipinski definition) is 3. The molecule has 0 saturated carbocycles. The molecule has 1 saturated heterocycles. The predicted molar refractivity (Wildman–Crippen MR) is 78.1 cm³/mol. The molecule has 4 nitrogen and oxygen atoms in total. The van der Waals surface area contributed by atoms with E-state index in [-0.39, 0.29) is 5.91 Å². The van der Waals surface area contributed by atoms with Crippen molar-refractivity contribution in [1.29, 1.82) is 0 Å². The van der Waals surface area contributed by atoms with E-state index in [0.29, 0.717) is 0 Å². The first kappa shape index (κ1) is 13.9. The van der Waals surface area contributed by atoms with E-state index < -0.39 is 5.54 Å². The Bertz CT molecular complexity index is 433. The van der Waals surface area contributed by atoms with E-state index >= 15 is 0 Å². The van der Waals surface area contributed by atoms with Gasteiger partial charge >= 0.3 is 0 Å². The second kappa shape index (κ2) is 5.61. The summed E-state index contributed by atoms with van der Waals surface area (Å²) in [6.07, 6.45) is 1.54. The number of piperidine rings is 1. The molecule has 0 aliphatic carbocycles. The van der Waals surface area contributed by atoms with Crippen molar-refractivity contribution < 1.29 is 4.79 Å². The van der Waals surface area contributed by atoms with Crippen molar-refractivity contribution in [3.8, 4) is 0 Å². The van der Waals surface area contributed by atoms with Crippen LogP contribution in [0.2, 0.25) is 0 Å². The maximum Gasteiger partial charge on any atom is 0.243 e. The minimum Gasteiger partial charge on any atom is -0.371 e. The number of aryl methyl sites for hydroxylation is 1. The van der Waals surface area contributed by atoms with Crippen molar-refractivity contribution in [2.75, 3.05) is 25.0 Å². The predicted octanol–water partition coefficient (Wildman–Crippen LogP) is 1.75. The van der Waals surface area contributed by atoms with Gasteiger partial charge in [-0.2, -0.15) is 0 Å². The normalized spacial score (nSPS) is 19.1. The third-order valence-electron chi connectivity index (χ3n) is 4.06. The number of nitrogens with one attached hydrogen (secondary N) is 1. The van der Waals surface area contributed by atoms with Crippen molar-refractivity contribution in [3.63, 3.8) is 0 Å². The summed E-state index contributed by atoms with van der Waals surface area (Å²) in [7, 11) is 0. The van der Waals surface area contributed by atoms with E-state index in [4.69, 9.17) is 5.73 Å². The fraction of sp³-hybridized carbons (Fsp3) is 0.533. The topological polar surface area (TPSA) is 58.4 Å². The zero-order valence-corrected chi connectivity index (χ0v) is 11.8. The maximum absolute atomic E-state index is 11.9. The zero-order chi connectivity index (χ0) is 13.9. The van der Waals surface area contributed by atoms with Crippen molar-refractivity contribution in [2.24, 2.45) is 5.73 Å². The van der Waals surface area contributed by atoms with Crippen molar-refractivity contribution in [2.45, 2.75) is 32.2 Å². The minimum atomic E-state index is -0.596. The number of nitrogens with zero attached hydrogens (tertiary/aromatic N) is 1. The molecule has 1 aliphatic heterocycles. The number of likely N-dealkylation sites (tertiary alicyclic amines) is 1. The Hall–Kier alpha value is -1.55. The van der Waals surface area contributed by atoms with Gasteiger partial charge in [0, 0.05) is 18.8 Å². The molecular weight excluding hydrogens is 238 g/mol. The standard InChI is InChI=1S/C15H23N3O/c1-3-18-10-8-15(9-11-18,14(16)19)17-13-6-4-12(2)5-7-13/h4-7,17H,3,8-11H2,1-2H3,(H2,16,19). The van der Waals surface area contributed by atoms with Crippen LogP contribution >= 0.6 is 0 Å². The van der Waals surface area contributed by atoms with Gasteiger partial charge in [0.15, 0.2) is 0 Å². The molecule has 4 heteroatoms. The molecule has 19 heavy (non-hydrogen) atoms. The first-order valence-electron chi connectivity index (χ1n) is 6.93. The van der Waals surface area contributed by atoms with E-state index in [9.17, 15) is 4.79 Å². The molecule has 1 heterocycles. The summed E-state index contributed by atoms with van der Waals surface area (Å²) in [6.45, 7) is 7.05. The Balaban J connectivity index is 2.12. The summed E-state index contributed by atoms with van der Waals surface area (Å²) in [6, 6.07) is 8.09. The van der Waals surface area contributed by atoms with E-state index in [2.05, 4.69) is 17.1 Å². The number of primary amides is 1. The largest absolute Gasteiger partial charge is 0.371 e. The highest BCUT2D eigenvalue weighted by Gasteiger charge is 2.39. The fourth-order valence-corrected chi connectivity index (χ4v) is 2.60. The van der Waals surface area contributed by atoms with E-state index in [1.807, 2.05) is 31.2 Å². The van der Waals surface area contributed by atoms with Gasteiger partial charge in [0.25, 0.3) is 0 Å². The highest BCUT2D eigenvalue weighted by Crippen LogP contribution is 2.27. The number of amides is 1. The van der Waals surface area contributed by atoms with Gasteiger partial charge in [-0.3, -0.25) is 4.79 Å². The molecule has 0 unspecified atom stereocenters. The molecule has 0 bridgehead atoms. The summed E-state index contributed by atoms with van der Waals surface area (Å²) in [4.78, 5) is 14.2. The zero-order valence-electron chi connectivity index (χ0n) is 11.8. The van der Waals surface area contributed by atoms with E-state index in [1.54, 1.807) is 0 Å². The van der Waals surface area contributed by atoms with Gasteiger partial charge in [-0.15, -0.1) is 0 Å². The number of carbonyl (C=O) groups is 1. The van der Waals surface area contributed by atoms with Crippen LogP contribution in [0.1, 0.15) is 25.3 Å². The Morgan fingerprint density at radius 2 is 1.89 bits per heavy atom. The average Bonchev–Trinajstić information content (AvgIpc) is 2.42. The molecule has 0 aromatic heterocycles. The number of nitrogens with two attached hydrogens (primary N) is 1. The van der Waals surface area contributed by atoms with Crippen LogP contribution in [0.15, 0.2) is 24.3 Å². The van der Waals surface area contributed by atoms with Crippen LogP contribution in [-0.2, 0) is 4.79 Å². The molecule has 1 fully saturated rings. The van der Waals surface area contributed by atoms with Crippen LogP contribution in [0.4, 0.5) is 5.69 Å². The molecule has 1 aromatic carbocycles. The van der Waals surface area contributed by atoms with Crippen LogP contribution in [0, 0.1) is 6.92 Å². The number of anilines is 1. The number of benzene rings is 1. The molecule has 0 atom stereocenters. The van der Waals surface area contributed by atoms with E-state index in [1.165, 1.54) is 5.56 Å². The summed E-state index contributed by atoms with van der Waals surface area (Å²) in [5.74, 6) is -0.246. The van der Waals surface area contributed by atoms with Gasteiger partial charge in [-0.05, 0) is 38.4 Å². The lowest BCUT2D eigenvalue weighted by atomic mass is 9.86. The first-order chi connectivity index (χ1) is 9.05. The van der Waals surface area contributed by atoms with Gasteiger partial charge in [-0.25, -0.2) is 0 Å². The molecular formula is C15H23N3O. The highest BCUT2D eigenvalue weighted by atomic mass is 16.1. The smallest absolute Gasteiger partial charge is 0.243 e. The molecule has 3 N–H and O–H groups in total. The minimum absolute atomic E-state index is 0.246. The second-order valence-corrected chi connectivity index (χ2v) is 5.37. The second-order valence-electron chi connectivity index (χ2n) is 5.37. The first-order valence-corrected chi connectivity index (χ1v) is 6.93. The van der Waals surface area contributed by atoms with Crippen LogP contribution < -0.4 is 11.1 Å². The Morgan fingerprint density at radius 3 is 2.37 bits per heavy atom. The fourth-order valence-electron chi connectivity index (χ4n) is 2.60. The van der Waals surface area contributed by atoms with E-state index in [0.717, 1.165) is 38.2 Å². The van der Waals surface area contributed by atoms with Crippen molar-refractivity contribution in [3.05, 3.63) is 29.8 Å². The van der Waals surface area contributed by atoms with Crippen LogP contribution in [-0.4, -0.2) is 36.0 Å². The summed E-state index contributed by atoms with van der Waals surface area (Å²) < 4.78 is 0. The summed E-state index contributed by atoms with van der Waals surface area (Å²) >= 11 is 0. The molecule has 0 spiro atoms. The third-order valence-corrected chi connectivity index (χ3v) is 4.06. The number of hydrogen-bond donors (Lipinski definition) is 2. The molecule has 104 valence electrons. The maximum atomic E-state index is 11.9. The molecule has 1 aliphatic rings. The van der Waals surface area contributed by atoms with Gasteiger partial charge < -0.3 is 16.0 Å². The number of rotatable bonds is 4. The third kappa shape index (κ3) is 3.07. The molecule has 1 aromatic rings. The molecule has 0 radical (unpaired) electrons. The van der Waals surface area contributed by atoms with Gasteiger partial charge in [0.1, 0.15) is 5.54 Å². The number of carbonyl (C=O) groups excluding carboxylic acids is 1. The highest BCUT2D eigenvalue weighted by molar-refractivity contribution is 5.88. The molecule has 1 amide bonds.